The van der Waals surface area contributed by atoms with Gasteiger partial charge >= 0.3 is 5.97 Å². The van der Waals surface area contributed by atoms with E-state index in [0.29, 0.717) is 16.3 Å². The molecule has 0 aliphatic carbocycles. The second-order valence-corrected chi connectivity index (χ2v) is 6.08. The molecular formula is C17H11BrClNO3. The Morgan fingerprint density at radius 2 is 1.96 bits per heavy atom. The number of rotatable bonds is 3. The second-order valence-electron chi connectivity index (χ2n) is 4.73. The predicted molar refractivity (Wildman–Crippen MR) is 92.8 cm³/mol. The fraction of sp³-hybridized carbons (Fsp3) is 0.0588. The van der Waals surface area contributed by atoms with Crippen LogP contribution >= 0.6 is 27.5 Å². The summed E-state index contributed by atoms with van der Waals surface area (Å²) in [6.45, 7) is 0. The summed E-state index contributed by atoms with van der Waals surface area (Å²) >= 11 is 9.37. The molecule has 0 fully saturated rings. The standard InChI is InChI=1S/C17H11BrClNO3/c1-22-15-7-6-12(19)9-13(15)16-20-14(17(21)23-16)8-10-2-4-11(18)5-3-10/h2-9H,1H3. The molecule has 0 radical (unpaired) electrons. The number of methoxy groups -OCH3 is 1. The van der Waals surface area contributed by atoms with Crippen molar-refractivity contribution in [1.82, 2.24) is 0 Å². The summed E-state index contributed by atoms with van der Waals surface area (Å²) in [5.74, 6) is 0.202. The minimum atomic E-state index is -0.509. The van der Waals surface area contributed by atoms with Gasteiger partial charge in [0.2, 0.25) is 5.90 Å². The van der Waals surface area contributed by atoms with Crippen LogP contribution in [-0.2, 0) is 9.53 Å². The highest BCUT2D eigenvalue weighted by Gasteiger charge is 2.26. The molecule has 3 rings (SSSR count). The van der Waals surface area contributed by atoms with Gasteiger partial charge in [-0.1, -0.05) is 39.7 Å². The van der Waals surface area contributed by atoms with Crippen LogP contribution in [0.5, 0.6) is 5.75 Å². The minimum absolute atomic E-state index is 0.178. The van der Waals surface area contributed by atoms with Crippen molar-refractivity contribution in [1.29, 1.82) is 0 Å². The Hall–Kier alpha value is -2.11. The summed E-state index contributed by atoms with van der Waals surface area (Å²) in [7, 11) is 1.53. The molecule has 1 aliphatic rings. The van der Waals surface area contributed by atoms with E-state index in [0.717, 1.165) is 10.0 Å². The summed E-state index contributed by atoms with van der Waals surface area (Å²) < 4.78 is 11.5. The Morgan fingerprint density at radius 3 is 2.65 bits per heavy atom. The van der Waals surface area contributed by atoms with Gasteiger partial charge in [-0.3, -0.25) is 0 Å². The molecule has 0 unspecified atom stereocenters. The number of benzene rings is 2. The molecule has 2 aromatic carbocycles. The van der Waals surface area contributed by atoms with Crippen molar-refractivity contribution in [3.63, 3.8) is 0 Å². The number of carbonyl (C=O) groups excluding carboxylic acids is 1. The van der Waals surface area contributed by atoms with Gasteiger partial charge in [0.15, 0.2) is 5.70 Å². The Labute approximate surface area is 146 Å². The maximum absolute atomic E-state index is 12.0. The van der Waals surface area contributed by atoms with Crippen LogP contribution in [0.25, 0.3) is 6.08 Å². The number of cyclic esters (lactones) is 1. The van der Waals surface area contributed by atoms with E-state index in [-0.39, 0.29) is 11.6 Å². The van der Waals surface area contributed by atoms with E-state index in [1.807, 2.05) is 24.3 Å². The zero-order chi connectivity index (χ0) is 16.4. The minimum Gasteiger partial charge on any atom is -0.496 e. The van der Waals surface area contributed by atoms with Crippen LogP contribution in [0, 0.1) is 0 Å². The number of hydrogen-bond acceptors (Lipinski definition) is 4. The van der Waals surface area contributed by atoms with Gasteiger partial charge in [-0.25, -0.2) is 9.79 Å². The average molecular weight is 393 g/mol. The molecular weight excluding hydrogens is 382 g/mol. The molecule has 0 bridgehead atoms. The van der Waals surface area contributed by atoms with Crippen LogP contribution in [-0.4, -0.2) is 19.0 Å². The summed E-state index contributed by atoms with van der Waals surface area (Å²) in [6.07, 6.45) is 1.67. The predicted octanol–water partition coefficient (Wildman–Crippen LogP) is 4.46. The SMILES string of the molecule is COc1ccc(Cl)cc1C1=NC(=Cc2ccc(Br)cc2)C(=O)O1. The Balaban J connectivity index is 1.98. The second kappa shape index (κ2) is 6.56. The van der Waals surface area contributed by atoms with E-state index in [9.17, 15) is 4.79 Å². The molecule has 1 aliphatic heterocycles. The zero-order valence-corrected chi connectivity index (χ0v) is 14.4. The van der Waals surface area contributed by atoms with Crippen molar-refractivity contribution in [3.05, 3.63) is 68.8 Å². The van der Waals surface area contributed by atoms with Crippen LogP contribution in [0.3, 0.4) is 0 Å². The smallest absolute Gasteiger partial charge is 0.363 e. The van der Waals surface area contributed by atoms with Crippen LogP contribution in [0.1, 0.15) is 11.1 Å². The number of aliphatic imine (C=N–C) groups is 1. The average Bonchev–Trinajstić information content (AvgIpc) is 2.90. The largest absolute Gasteiger partial charge is 0.496 e. The number of nitrogens with zero attached hydrogens (tertiary/aromatic N) is 1. The van der Waals surface area contributed by atoms with E-state index >= 15 is 0 Å². The monoisotopic (exact) mass is 391 g/mol. The maximum Gasteiger partial charge on any atom is 0.363 e. The number of esters is 1. The Bertz CT molecular complexity index is 828. The first-order chi connectivity index (χ1) is 11.1. The highest BCUT2D eigenvalue weighted by atomic mass is 79.9. The molecule has 0 atom stereocenters. The lowest BCUT2D eigenvalue weighted by Crippen LogP contribution is -2.07. The van der Waals surface area contributed by atoms with Gasteiger partial charge in [0, 0.05) is 9.50 Å². The number of ether oxygens (including phenoxy) is 2. The molecule has 1 heterocycles. The van der Waals surface area contributed by atoms with Gasteiger partial charge in [0.05, 0.1) is 12.7 Å². The first kappa shape index (κ1) is 15.8. The molecule has 0 amide bonds. The molecule has 4 nitrogen and oxygen atoms in total. The molecule has 0 saturated carbocycles. The molecule has 0 spiro atoms. The Morgan fingerprint density at radius 1 is 1.22 bits per heavy atom. The first-order valence-corrected chi connectivity index (χ1v) is 7.86. The zero-order valence-electron chi connectivity index (χ0n) is 12.0. The van der Waals surface area contributed by atoms with Crippen LogP contribution in [0.2, 0.25) is 5.02 Å². The van der Waals surface area contributed by atoms with Crippen molar-refractivity contribution in [2.75, 3.05) is 7.11 Å². The number of halogens is 2. The normalized spacial score (nSPS) is 15.5. The molecule has 23 heavy (non-hydrogen) atoms. The van der Waals surface area contributed by atoms with Crippen molar-refractivity contribution in [3.8, 4) is 5.75 Å². The molecule has 2 aromatic rings. The van der Waals surface area contributed by atoms with Gasteiger partial charge in [-0.05, 0) is 42.0 Å². The molecule has 6 heteroatoms. The third-order valence-corrected chi connectivity index (χ3v) is 3.95. The van der Waals surface area contributed by atoms with Crippen molar-refractivity contribution in [2.24, 2.45) is 4.99 Å². The lowest BCUT2D eigenvalue weighted by atomic mass is 10.2. The molecule has 0 aromatic heterocycles. The molecule has 0 saturated heterocycles. The lowest BCUT2D eigenvalue weighted by Gasteiger charge is -2.07. The quantitative estimate of drug-likeness (QED) is 0.572. The Kier molecular flexibility index (Phi) is 4.50. The van der Waals surface area contributed by atoms with E-state index in [2.05, 4.69) is 20.9 Å². The topological polar surface area (TPSA) is 47.9 Å². The summed E-state index contributed by atoms with van der Waals surface area (Å²) in [5, 5.41) is 0.505. The highest BCUT2D eigenvalue weighted by Crippen LogP contribution is 2.27. The fourth-order valence-corrected chi connectivity index (χ4v) is 2.53. The number of carbonyl (C=O) groups is 1. The van der Waals surface area contributed by atoms with Gasteiger partial charge in [0.1, 0.15) is 5.75 Å². The first-order valence-electron chi connectivity index (χ1n) is 6.69. The van der Waals surface area contributed by atoms with Crippen LogP contribution in [0.4, 0.5) is 0 Å². The van der Waals surface area contributed by atoms with Crippen molar-refractivity contribution >= 4 is 45.5 Å². The third-order valence-electron chi connectivity index (χ3n) is 3.19. The van der Waals surface area contributed by atoms with Gasteiger partial charge in [-0.15, -0.1) is 0 Å². The van der Waals surface area contributed by atoms with Crippen molar-refractivity contribution in [2.45, 2.75) is 0 Å². The molecule has 0 N–H and O–H groups in total. The summed E-state index contributed by atoms with van der Waals surface area (Å²) in [4.78, 5) is 16.3. The third kappa shape index (κ3) is 3.46. The fourth-order valence-electron chi connectivity index (χ4n) is 2.09. The lowest BCUT2D eigenvalue weighted by molar-refractivity contribution is -0.129. The van der Waals surface area contributed by atoms with Crippen molar-refractivity contribution < 1.29 is 14.3 Å². The maximum atomic E-state index is 12.0. The summed E-state index contributed by atoms with van der Waals surface area (Å²) in [6, 6.07) is 12.6. The van der Waals surface area contributed by atoms with E-state index in [1.54, 1.807) is 24.3 Å². The van der Waals surface area contributed by atoms with Gasteiger partial charge in [-0.2, -0.15) is 0 Å². The summed E-state index contributed by atoms with van der Waals surface area (Å²) in [5.41, 5.74) is 1.61. The van der Waals surface area contributed by atoms with E-state index in [4.69, 9.17) is 21.1 Å². The molecule has 116 valence electrons. The van der Waals surface area contributed by atoms with Crippen LogP contribution in [0.15, 0.2) is 57.6 Å². The van der Waals surface area contributed by atoms with Gasteiger partial charge in [0.25, 0.3) is 0 Å². The van der Waals surface area contributed by atoms with Gasteiger partial charge < -0.3 is 9.47 Å². The number of hydrogen-bond donors (Lipinski definition) is 0. The van der Waals surface area contributed by atoms with Crippen LogP contribution < -0.4 is 4.74 Å². The van der Waals surface area contributed by atoms with E-state index < -0.39 is 5.97 Å². The van der Waals surface area contributed by atoms with E-state index in [1.165, 1.54) is 7.11 Å². The highest BCUT2D eigenvalue weighted by molar-refractivity contribution is 9.10.